The third-order valence-electron chi connectivity index (χ3n) is 3.62. The zero-order chi connectivity index (χ0) is 14.7. The predicted octanol–water partition coefficient (Wildman–Crippen LogP) is 3.55. The Labute approximate surface area is 124 Å². The predicted molar refractivity (Wildman–Crippen MR) is 80.4 cm³/mol. The molecule has 3 rings (SSSR count). The fraction of sp³-hybridized carbons (Fsp3) is 0.167. The molecule has 1 fully saturated rings. The number of amides is 1. The van der Waals surface area contributed by atoms with Crippen LogP contribution in [0.15, 0.2) is 60.7 Å². The molecule has 1 saturated heterocycles. The second-order valence-corrected chi connectivity index (χ2v) is 4.90. The van der Waals surface area contributed by atoms with E-state index in [0.29, 0.717) is 0 Å². The summed E-state index contributed by atoms with van der Waals surface area (Å²) in [7, 11) is 0. The first kappa shape index (κ1) is 13.3. The van der Waals surface area contributed by atoms with E-state index in [1.165, 1.54) is 0 Å². The molecule has 1 amide bonds. The summed E-state index contributed by atoms with van der Waals surface area (Å²) in [5.41, 5.74) is 1.99. The third-order valence-corrected chi connectivity index (χ3v) is 3.62. The lowest BCUT2D eigenvalue weighted by Crippen LogP contribution is -2.28. The van der Waals surface area contributed by atoms with Crippen LogP contribution in [0.5, 0.6) is 0 Å². The zero-order valence-corrected chi connectivity index (χ0v) is 11.5. The van der Waals surface area contributed by atoms with Crippen LogP contribution in [0.3, 0.4) is 0 Å². The number of terminal acetylenes is 1. The van der Waals surface area contributed by atoms with Crippen molar-refractivity contribution in [2.45, 2.75) is 12.1 Å². The summed E-state index contributed by atoms with van der Waals surface area (Å²) in [4.78, 5) is 13.7. The monoisotopic (exact) mass is 277 g/mol. The van der Waals surface area contributed by atoms with Crippen molar-refractivity contribution in [3.8, 4) is 12.3 Å². The molecule has 2 aromatic carbocycles. The smallest absolute Gasteiger partial charge is 0.411 e. The molecule has 1 aliphatic rings. The van der Waals surface area contributed by atoms with Crippen LogP contribution >= 0.6 is 0 Å². The van der Waals surface area contributed by atoms with E-state index in [4.69, 9.17) is 11.2 Å². The maximum absolute atomic E-state index is 12.1. The van der Waals surface area contributed by atoms with E-state index in [2.05, 4.69) is 5.92 Å². The lowest BCUT2D eigenvalue weighted by molar-refractivity contribution is 0.130. The molecule has 2 aromatic rings. The van der Waals surface area contributed by atoms with Crippen LogP contribution in [0.4, 0.5) is 4.79 Å². The maximum Gasteiger partial charge on any atom is 0.411 e. The number of carbonyl (C=O) groups excluding carboxylic acids is 1. The molecule has 2 atom stereocenters. The Morgan fingerprint density at radius 2 is 1.57 bits per heavy atom. The van der Waals surface area contributed by atoms with Crippen molar-refractivity contribution in [3.63, 3.8) is 0 Å². The number of hydrogen-bond donors (Lipinski definition) is 0. The Morgan fingerprint density at radius 1 is 1.00 bits per heavy atom. The number of carbonyl (C=O) groups is 1. The second-order valence-electron chi connectivity index (χ2n) is 4.90. The van der Waals surface area contributed by atoms with Gasteiger partial charge in [0.1, 0.15) is 6.04 Å². The molecule has 3 nitrogen and oxygen atoms in total. The Kier molecular flexibility index (Phi) is 3.61. The highest BCUT2D eigenvalue weighted by atomic mass is 16.6. The summed E-state index contributed by atoms with van der Waals surface area (Å²) < 4.78 is 5.57. The first-order valence-corrected chi connectivity index (χ1v) is 6.82. The molecule has 0 N–H and O–H groups in total. The van der Waals surface area contributed by atoms with Gasteiger partial charge in [0.2, 0.25) is 0 Å². The van der Waals surface area contributed by atoms with Gasteiger partial charge in [0.15, 0.2) is 6.10 Å². The van der Waals surface area contributed by atoms with Crippen molar-refractivity contribution in [1.29, 1.82) is 0 Å². The maximum atomic E-state index is 12.1. The van der Waals surface area contributed by atoms with Gasteiger partial charge in [-0.3, -0.25) is 4.90 Å². The summed E-state index contributed by atoms with van der Waals surface area (Å²) in [5, 5.41) is 0. The van der Waals surface area contributed by atoms with Gasteiger partial charge in [-0.15, -0.1) is 6.42 Å². The summed E-state index contributed by atoms with van der Waals surface area (Å²) in [6.07, 6.45) is 4.69. The van der Waals surface area contributed by atoms with Crippen molar-refractivity contribution in [3.05, 3.63) is 71.8 Å². The minimum Gasteiger partial charge on any atom is -0.439 e. The quantitative estimate of drug-likeness (QED) is 0.803. The summed E-state index contributed by atoms with van der Waals surface area (Å²) in [5.74, 6) is 2.54. The van der Waals surface area contributed by atoms with Crippen molar-refractivity contribution < 1.29 is 9.53 Å². The fourth-order valence-electron chi connectivity index (χ4n) is 2.68. The van der Waals surface area contributed by atoms with Crippen LogP contribution < -0.4 is 0 Å². The number of hydrogen-bond acceptors (Lipinski definition) is 2. The van der Waals surface area contributed by atoms with Crippen LogP contribution in [0, 0.1) is 12.3 Å². The average molecular weight is 277 g/mol. The van der Waals surface area contributed by atoms with E-state index in [1.54, 1.807) is 4.90 Å². The normalized spacial score (nSPS) is 20.9. The van der Waals surface area contributed by atoms with Gasteiger partial charge in [0, 0.05) is 0 Å². The van der Waals surface area contributed by atoms with Gasteiger partial charge in [-0.25, -0.2) is 4.79 Å². The van der Waals surface area contributed by atoms with E-state index in [1.807, 2.05) is 60.7 Å². The Bertz CT molecular complexity index is 661. The molecule has 0 aromatic heterocycles. The first-order chi connectivity index (χ1) is 10.3. The van der Waals surface area contributed by atoms with Crippen molar-refractivity contribution >= 4 is 6.09 Å². The minimum absolute atomic E-state index is 0.197. The van der Waals surface area contributed by atoms with Crippen LogP contribution in [-0.2, 0) is 4.74 Å². The van der Waals surface area contributed by atoms with Crippen molar-refractivity contribution in [1.82, 2.24) is 4.90 Å². The second kappa shape index (κ2) is 5.72. The van der Waals surface area contributed by atoms with E-state index in [-0.39, 0.29) is 24.8 Å². The topological polar surface area (TPSA) is 29.5 Å². The minimum atomic E-state index is -0.365. The van der Waals surface area contributed by atoms with E-state index < -0.39 is 0 Å². The Balaban J connectivity index is 2.03. The largest absolute Gasteiger partial charge is 0.439 e. The van der Waals surface area contributed by atoms with Gasteiger partial charge < -0.3 is 4.74 Å². The molecule has 104 valence electrons. The molecule has 1 heterocycles. The Morgan fingerprint density at radius 3 is 2.14 bits per heavy atom. The lowest BCUT2D eigenvalue weighted by Gasteiger charge is -2.23. The first-order valence-electron chi connectivity index (χ1n) is 6.82. The molecule has 0 aliphatic carbocycles. The average Bonchev–Trinajstić information content (AvgIpc) is 2.86. The highest BCUT2D eigenvalue weighted by molar-refractivity contribution is 5.72. The molecular weight excluding hydrogens is 262 g/mol. The summed E-state index contributed by atoms with van der Waals surface area (Å²) in [6, 6.07) is 19.4. The summed E-state index contributed by atoms with van der Waals surface area (Å²) >= 11 is 0. The van der Waals surface area contributed by atoms with Gasteiger partial charge in [-0.2, -0.15) is 0 Å². The molecule has 0 spiro atoms. The highest BCUT2D eigenvalue weighted by Gasteiger charge is 2.42. The zero-order valence-electron chi connectivity index (χ0n) is 11.5. The number of ether oxygens (including phenoxy) is 1. The molecule has 0 radical (unpaired) electrons. The molecule has 21 heavy (non-hydrogen) atoms. The van der Waals surface area contributed by atoms with Gasteiger partial charge in [0.25, 0.3) is 0 Å². The van der Waals surface area contributed by atoms with Crippen LogP contribution in [0.1, 0.15) is 23.3 Å². The van der Waals surface area contributed by atoms with Gasteiger partial charge in [0.05, 0.1) is 6.54 Å². The lowest BCUT2D eigenvalue weighted by atomic mass is 9.95. The van der Waals surface area contributed by atoms with Crippen LogP contribution in [0.25, 0.3) is 0 Å². The highest BCUT2D eigenvalue weighted by Crippen LogP contribution is 2.42. The van der Waals surface area contributed by atoms with Crippen molar-refractivity contribution in [2.24, 2.45) is 0 Å². The molecule has 3 heteroatoms. The van der Waals surface area contributed by atoms with E-state index in [9.17, 15) is 4.79 Å². The number of rotatable bonds is 3. The Hall–Kier alpha value is -2.73. The van der Waals surface area contributed by atoms with Gasteiger partial charge in [-0.1, -0.05) is 66.6 Å². The molecule has 0 unspecified atom stereocenters. The number of benzene rings is 2. The van der Waals surface area contributed by atoms with E-state index >= 15 is 0 Å². The van der Waals surface area contributed by atoms with Gasteiger partial charge in [-0.05, 0) is 11.1 Å². The number of nitrogens with zero attached hydrogens (tertiary/aromatic N) is 1. The third kappa shape index (κ3) is 2.48. The summed E-state index contributed by atoms with van der Waals surface area (Å²) in [6.45, 7) is 0.238. The molecule has 1 aliphatic heterocycles. The molecular formula is C18H15NO2. The van der Waals surface area contributed by atoms with Crippen LogP contribution in [-0.4, -0.2) is 17.5 Å². The number of cyclic esters (lactones) is 1. The van der Waals surface area contributed by atoms with E-state index in [0.717, 1.165) is 11.1 Å². The van der Waals surface area contributed by atoms with Gasteiger partial charge >= 0.3 is 6.09 Å². The van der Waals surface area contributed by atoms with Crippen molar-refractivity contribution in [2.75, 3.05) is 6.54 Å². The molecule has 0 saturated carbocycles. The molecule has 0 bridgehead atoms. The van der Waals surface area contributed by atoms with Crippen LogP contribution in [0.2, 0.25) is 0 Å². The fourth-order valence-corrected chi connectivity index (χ4v) is 2.68. The SMILES string of the molecule is C#CCN1C(=O)O[C@@H](c2ccccc2)[C@H]1c1ccccc1. The standard InChI is InChI=1S/C18H15NO2/c1-2-13-19-16(14-9-5-3-6-10-14)17(21-18(19)20)15-11-7-4-8-12-15/h1,3-12,16-17H,13H2/t16-,17+/m1/s1.